The van der Waals surface area contributed by atoms with Gasteiger partial charge in [0.1, 0.15) is 16.7 Å². The first-order chi connectivity index (χ1) is 47.9. The van der Waals surface area contributed by atoms with Crippen molar-refractivity contribution in [1.29, 1.82) is 0 Å². The number of rotatable bonds is 8. The van der Waals surface area contributed by atoms with Gasteiger partial charge in [-0.15, -0.1) is 11.3 Å². The molecular formula is C90H65BN4O2S. The van der Waals surface area contributed by atoms with Crippen molar-refractivity contribution in [3.05, 3.63) is 296 Å². The van der Waals surface area contributed by atoms with Gasteiger partial charge < -0.3 is 28.4 Å². The molecule has 3 aromatic heterocycles. The second kappa shape index (κ2) is 21.0. The summed E-state index contributed by atoms with van der Waals surface area (Å²) in [6.45, 7) is 13.5. The second-order valence-electron chi connectivity index (χ2n) is 28.8. The van der Waals surface area contributed by atoms with Crippen molar-refractivity contribution >= 4 is 199 Å². The summed E-state index contributed by atoms with van der Waals surface area (Å²) in [5.74, 6) is 0. The van der Waals surface area contributed by atoms with Crippen molar-refractivity contribution in [3.8, 4) is 0 Å². The first-order valence-electron chi connectivity index (χ1n) is 34.1. The van der Waals surface area contributed by atoms with Crippen LogP contribution in [0.1, 0.15) is 52.7 Å². The van der Waals surface area contributed by atoms with Crippen LogP contribution in [-0.2, 0) is 10.8 Å². The number of hydrogen-bond acceptors (Lipinski definition) is 7. The molecule has 2 aliphatic rings. The fourth-order valence-electron chi connectivity index (χ4n) is 16.4. The smallest absolute Gasteiger partial charge is 0.252 e. The highest BCUT2D eigenvalue weighted by Gasteiger charge is 2.45. The van der Waals surface area contributed by atoms with Gasteiger partial charge in [-0.1, -0.05) is 211 Å². The van der Waals surface area contributed by atoms with Gasteiger partial charge in [0, 0.05) is 92.6 Å². The molecule has 0 amide bonds. The van der Waals surface area contributed by atoms with Crippen molar-refractivity contribution in [2.45, 2.75) is 52.4 Å². The predicted octanol–water partition coefficient (Wildman–Crippen LogP) is 24.4. The average Bonchev–Trinajstić information content (AvgIpc) is 0.826. The van der Waals surface area contributed by atoms with Gasteiger partial charge in [0.25, 0.3) is 6.71 Å². The van der Waals surface area contributed by atoms with Crippen LogP contribution in [0.4, 0.5) is 68.2 Å². The zero-order valence-electron chi connectivity index (χ0n) is 55.2. The van der Waals surface area contributed by atoms with Crippen LogP contribution < -0.4 is 36.0 Å². The van der Waals surface area contributed by atoms with Crippen molar-refractivity contribution in [1.82, 2.24) is 0 Å². The minimum atomic E-state index is -0.267. The fourth-order valence-corrected chi connectivity index (χ4v) is 17.5. The van der Waals surface area contributed by atoms with Gasteiger partial charge in [-0.2, -0.15) is 0 Å². The summed E-state index contributed by atoms with van der Waals surface area (Å²) in [5.41, 5.74) is 22.1. The van der Waals surface area contributed by atoms with E-state index in [0.717, 1.165) is 118 Å². The topological polar surface area (TPSA) is 39.2 Å². The molecule has 0 unspecified atom stereocenters. The van der Waals surface area contributed by atoms with Crippen LogP contribution in [0.2, 0.25) is 0 Å². The van der Waals surface area contributed by atoms with E-state index in [9.17, 15) is 0 Å². The van der Waals surface area contributed by atoms with Crippen LogP contribution in [0, 0.1) is 0 Å². The Morgan fingerprint density at radius 3 is 1.58 bits per heavy atom. The Labute approximate surface area is 572 Å². The summed E-state index contributed by atoms with van der Waals surface area (Å²) in [6.07, 6.45) is 0. The molecular weight excluding hydrogens is 1210 g/mol. The number of furan rings is 2. The quantitative estimate of drug-likeness (QED) is 0.112. The van der Waals surface area contributed by atoms with Crippen LogP contribution >= 0.6 is 11.3 Å². The molecule has 0 bridgehead atoms. The molecule has 0 saturated carbocycles. The Morgan fingerprint density at radius 1 is 0.327 bits per heavy atom. The molecule has 0 fully saturated rings. The lowest BCUT2D eigenvalue weighted by Crippen LogP contribution is -2.61. The van der Waals surface area contributed by atoms with Gasteiger partial charge >= 0.3 is 0 Å². The highest BCUT2D eigenvalue weighted by atomic mass is 32.1. The predicted molar refractivity (Wildman–Crippen MR) is 418 cm³/mol. The Balaban J connectivity index is 0.924. The van der Waals surface area contributed by atoms with E-state index in [-0.39, 0.29) is 17.5 Å². The van der Waals surface area contributed by atoms with Crippen molar-refractivity contribution in [2.24, 2.45) is 0 Å². The number of para-hydroxylation sites is 4. The molecule has 18 aromatic rings. The van der Waals surface area contributed by atoms with Gasteiger partial charge in [0.05, 0.1) is 22.7 Å². The molecule has 20 rings (SSSR count). The molecule has 0 radical (unpaired) electrons. The second-order valence-corrected chi connectivity index (χ2v) is 29.9. The van der Waals surface area contributed by atoms with E-state index in [4.69, 9.17) is 8.83 Å². The third-order valence-electron chi connectivity index (χ3n) is 21.0. The van der Waals surface area contributed by atoms with Crippen LogP contribution in [0.5, 0.6) is 0 Å². The largest absolute Gasteiger partial charge is 0.456 e. The summed E-state index contributed by atoms with van der Waals surface area (Å²) in [5, 5.41) is 14.1. The first-order valence-corrected chi connectivity index (χ1v) is 34.9. The maximum Gasteiger partial charge on any atom is 0.252 e. The Bertz CT molecular complexity index is 6300. The molecule has 0 saturated heterocycles. The molecule has 0 atom stereocenters. The van der Waals surface area contributed by atoms with E-state index in [1.54, 1.807) is 0 Å². The highest BCUT2D eigenvalue weighted by Crippen LogP contribution is 2.54. The maximum atomic E-state index is 7.13. The van der Waals surface area contributed by atoms with Gasteiger partial charge in [-0.05, 0) is 181 Å². The molecule has 15 aromatic carbocycles. The number of nitrogens with zero attached hydrogens (tertiary/aromatic N) is 4. The molecule has 5 heterocycles. The number of benzene rings is 15. The lowest BCUT2D eigenvalue weighted by Gasteiger charge is -2.45. The number of hydrogen-bond donors (Lipinski definition) is 0. The van der Waals surface area contributed by atoms with E-state index in [0.29, 0.717) is 0 Å². The monoisotopic (exact) mass is 1280 g/mol. The molecule has 0 spiro atoms. The average molecular weight is 1280 g/mol. The van der Waals surface area contributed by atoms with Gasteiger partial charge in [0.15, 0.2) is 5.58 Å². The van der Waals surface area contributed by atoms with Crippen LogP contribution in [-0.4, -0.2) is 6.71 Å². The summed E-state index contributed by atoms with van der Waals surface area (Å²) in [6, 6.07) is 107. The molecule has 0 aliphatic carbocycles. The molecule has 2 aliphatic heterocycles. The Morgan fingerprint density at radius 2 is 0.878 bits per heavy atom. The van der Waals surface area contributed by atoms with Gasteiger partial charge in [-0.25, -0.2) is 0 Å². The lowest BCUT2D eigenvalue weighted by atomic mass is 9.33. The summed E-state index contributed by atoms with van der Waals surface area (Å²) < 4.78 is 16.6. The SMILES string of the molecule is CC(C)(C)c1ccc(N2c3cc(N(c4ccc5ccc6cccc7ccc4c5c67)c4cccc5c4oc4ccccc45)ccc3B3c4cc5oc6ccccc6c5cc4N(c4ccc(C(C)(C)C)cc4)c4cc(N(c5ccccc5)c5cccc6sc7ccccc7c56)cc2c43)cc1. The molecule has 98 heavy (non-hydrogen) atoms. The third-order valence-corrected chi connectivity index (χ3v) is 22.2. The normalized spacial score (nSPS) is 13.1. The minimum Gasteiger partial charge on any atom is -0.456 e. The number of thiophene rings is 1. The van der Waals surface area contributed by atoms with E-state index < -0.39 is 0 Å². The summed E-state index contributed by atoms with van der Waals surface area (Å²) in [7, 11) is 0. The zero-order valence-corrected chi connectivity index (χ0v) is 56.0. The van der Waals surface area contributed by atoms with Crippen LogP contribution in [0.3, 0.4) is 0 Å². The van der Waals surface area contributed by atoms with E-state index in [2.05, 4.69) is 346 Å². The number of anilines is 12. The summed E-state index contributed by atoms with van der Waals surface area (Å²) >= 11 is 1.85. The fraction of sp³-hybridized carbons (Fsp3) is 0.0889. The lowest BCUT2D eigenvalue weighted by molar-refractivity contribution is 0.590. The molecule has 0 N–H and O–H groups in total. The van der Waals surface area contributed by atoms with Crippen LogP contribution in [0.15, 0.2) is 294 Å². The van der Waals surface area contributed by atoms with Crippen molar-refractivity contribution in [2.75, 3.05) is 19.6 Å². The third kappa shape index (κ3) is 8.47. The molecule has 466 valence electrons. The first kappa shape index (κ1) is 56.7. The highest BCUT2D eigenvalue weighted by molar-refractivity contribution is 7.26. The van der Waals surface area contributed by atoms with E-state index >= 15 is 0 Å². The minimum absolute atomic E-state index is 0.0624. The van der Waals surface area contributed by atoms with E-state index in [1.165, 1.54) is 74.6 Å². The number of fused-ring (bicyclic) bond motifs is 13. The van der Waals surface area contributed by atoms with E-state index in [1.807, 2.05) is 11.3 Å². The van der Waals surface area contributed by atoms with Crippen molar-refractivity contribution < 1.29 is 8.83 Å². The van der Waals surface area contributed by atoms with Crippen molar-refractivity contribution in [3.63, 3.8) is 0 Å². The zero-order chi connectivity index (χ0) is 65.4. The Kier molecular flexibility index (Phi) is 12.1. The van der Waals surface area contributed by atoms with Gasteiger partial charge in [-0.3, -0.25) is 0 Å². The molecule has 6 nitrogen and oxygen atoms in total. The maximum absolute atomic E-state index is 7.13. The van der Waals surface area contributed by atoms with Crippen LogP contribution in [0.25, 0.3) is 96.4 Å². The van der Waals surface area contributed by atoms with Gasteiger partial charge in [0.2, 0.25) is 0 Å². The standard InChI is InChI=1S/C90H65BN4O2S/c1-89(2,3)57-37-41-60(42-38-57)93-75-49-62(95(74-28-17-26-66-64-23-10-14-30-80(64)97-88(66)74)72-48-36-56-34-33-54-19-16-20-55-35-46-67(72)85(56)84(54)55)45-47-70(75)91-71-53-81-69(65-24-11-13-29-79(65)96-81)52-76(71)94(61-43-39-58(40-44-61)90(4,5)6)78-51-63(50-77(93)87(78)91)92(59-21-8-7-9-22-59)73-27-18-32-83-86(73)68-25-12-15-31-82(68)98-83/h7-53H,1-6H3. The summed E-state index contributed by atoms with van der Waals surface area (Å²) in [4.78, 5) is 10.2. The Hall–Kier alpha value is -11.6. The molecule has 8 heteroatoms.